The van der Waals surface area contributed by atoms with Gasteiger partial charge in [-0.2, -0.15) is 5.26 Å². The molecule has 1 aromatic rings. The summed E-state index contributed by atoms with van der Waals surface area (Å²) in [6.07, 6.45) is 1.80. The van der Waals surface area contributed by atoms with Crippen LogP contribution in [0.5, 0.6) is 0 Å². The molecule has 1 fully saturated rings. The summed E-state index contributed by atoms with van der Waals surface area (Å²) in [6.45, 7) is 5.05. The van der Waals surface area contributed by atoms with Gasteiger partial charge in [-0.15, -0.1) is 0 Å². The Hall–Kier alpha value is -1.36. The summed E-state index contributed by atoms with van der Waals surface area (Å²) >= 11 is 3.22. The van der Waals surface area contributed by atoms with Crippen LogP contribution in [0.25, 0.3) is 0 Å². The molecule has 0 saturated carbocycles. The maximum absolute atomic E-state index is 12.5. The summed E-state index contributed by atoms with van der Waals surface area (Å²) in [5.41, 5.74) is 0.495. The Morgan fingerprint density at radius 1 is 1.43 bits per heavy atom. The molecule has 0 bridgehead atoms. The Bertz CT molecular complexity index is 506. The van der Waals surface area contributed by atoms with Gasteiger partial charge in [0, 0.05) is 32.7 Å². The lowest BCUT2D eigenvalue weighted by molar-refractivity contribution is 0.0326. The fraction of sp³-hybridized carbons (Fsp3) is 0.571. The molecule has 1 amide bonds. The smallest absolute Gasteiger partial charge is 0.258 e. The molecule has 0 N–H and O–H groups in total. The van der Waals surface area contributed by atoms with Crippen molar-refractivity contribution in [2.75, 3.05) is 45.9 Å². The predicted molar refractivity (Wildman–Crippen MR) is 79.8 cm³/mol. The third kappa shape index (κ3) is 4.56. The fourth-order valence-corrected chi connectivity index (χ4v) is 2.61. The molecule has 1 aliphatic heterocycles. The summed E-state index contributed by atoms with van der Waals surface area (Å²) in [7, 11) is 0. The summed E-state index contributed by atoms with van der Waals surface area (Å²) < 4.78 is 10.9. The lowest BCUT2D eigenvalue weighted by Crippen LogP contribution is -2.43. The molecule has 0 aromatic carbocycles. The van der Waals surface area contributed by atoms with Crippen molar-refractivity contribution < 1.29 is 13.9 Å². The normalized spacial score (nSPS) is 15.6. The number of amides is 1. The Kier molecular flexibility index (Phi) is 6.23. The van der Waals surface area contributed by atoms with Crippen LogP contribution in [-0.2, 0) is 4.74 Å². The molecule has 0 radical (unpaired) electrons. The van der Waals surface area contributed by atoms with Crippen LogP contribution in [0.1, 0.15) is 16.8 Å². The Morgan fingerprint density at radius 3 is 2.81 bits per heavy atom. The van der Waals surface area contributed by atoms with Gasteiger partial charge in [0.2, 0.25) is 0 Å². The van der Waals surface area contributed by atoms with E-state index in [4.69, 9.17) is 14.4 Å². The van der Waals surface area contributed by atoms with Crippen molar-refractivity contribution in [1.82, 2.24) is 9.80 Å². The van der Waals surface area contributed by atoms with Crippen molar-refractivity contribution in [3.05, 3.63) is 22.6 Å². The van der Waals surface area contributed by atoms with E-state index in [9.17, 15) is 4.79 Å². The number of rotatable bonds is 6. The van der Waals surface area contributed by atoms with Gasteiger partial charge in [-0.25, -0.2) is 0 Å². The Morgan fingerprint density at radius 2 is 2.19 bits per heavy atom. The van der Waals surface area contributed by atoms with Gasteiger partial charge in [-0.3, -0.25) is 9.69 Å². The van der Waals surface area contributed by atoms with Gasteiger partial charge in [0.25, 0.3) is 5.91 Å². The third-order valence-electron chi connectivity index (χ3n) is 3.42. The van der Waals surface area contributed by atoms with Gasteiger partial charge >= 0.3 is 0 Å². The highest BCUT2D eigenvalue weighted by Gasteiger charge is 2.21. The van der Waals surface area contributed by atoms with E-state index in [1.54, 1.807) is 11.0 Å². The van der Waals surface area contributed by atoms with Crippen LogP contribution in [-0.4, -0.2) is 61.6 Å². The number of furan rings is 1. The predicted octanol–water partition coefficient (Wildman–Crippen LogP) is 1.73. The van der Waals surface area contributed by atoms with Crippen molar-refractivity contribution in [1.29, 1.82) is 5.26 Å². The first-order chi connectivity index (χ1) is 10.2. The highest BCUT2D eigenvalue weighted by atomic mass is 79.9. The van der Waals surface area contributed by atoms with E-state index in [0.717, 1.165) is 32.8 Å². The first kappa shape index (κ1) is 16.0. The van der Waals surface area contributed by atoms with Crippen LogP contribution in [0.2, 0.25) is 0 Å². The molecule has 0 unspecified atom stereocenters. The summed E-state index contributed by atoms with van der Waals surface area (Å²) in [6, 6.07) is 3.73. The number of nitriles is 1. The van der Waals surface area contributed by atoms with Crippen LogP contribution in [0.3, 0.4) is 0 Å². The van der Waals surface area contributed by atoms with Gasteiger partial charge in [-0.1, -0.05) is 0 Å². The molecule has 1 aliphatic rings. The van der Waals surface area contributed by atoms with E-state index < -0.39 is 0 Å². The number of carbonyl (C=O) groups is 1. The highest BCUT2D eigenvalue weighted by molar-refractivity contribution is 9.10. The average molecular weight is 356 g/mol. The van der Waals surface area contributed by atoms with Gasteiger partial charge < -0.3 is 14.1 Å². The van der Waals surface area contributed by atoms with Gasteiger partial charge in [0.1, 0.15) is 0 Å². The van der Waals surface area contributed by atoms with Crippen molar-refractivity contribution in [3.8, 4) is 6.07 Å². The lowest BCUT2D eigenvalue weighted by Gasteiger charge is -2.29. The second kappa shape index (κ2) is 8.17. The molecule has 114 valence electrons. The second-order valence-corrected chi connectivity index (χ2v) is 5.48. The first-order valence-corrected chi connectivity index (χ1v) is 7.71. The van der Waals surface area contributed by atoms with E-state index in [-0.39, 0.29) is 5.91 Å². The molecule has 6 nitrogen and oxygen atoms in total. The maximum Gasteiger partial charge on any atom is 0.258 e. The number of hydrogen-bond acceptors (Lipinski definition) is 5. The van der Waals surface area contributed by atoms with Gasteiger partial charge in [0.05, 0.1) is 37.5 Å². The maximum atomic E-state index is 12.5. The average Bonchev–Trinajstić information content (AvgIpc) is 2.94. The van der Waals surface area contributed by atoms with Crippen molar-refractivity contribution in [2.24, 2.45) is 0 Å². The van der Waals surface area contributed by atoms with E-state index in [0.29, 0.717) is 29.7 Å². The zero-order valence-corrected chi connectivity index (χ0v) is 13.3. The number of halogens is 1. The first-order valence-electron chi connectivity index (χ1n) is 6.91. The molecule has 21 heavy (non-hydrogen) atoms. The topological polar surface area (TPSA) is 69.7 Å². The number of carbonyl (C=O) groups excluding carboxylic acids is 1. The van der Waals surface area contributed by atoms with E-state index in [1.165, 1.54) is 6.26 Å². The minimum absolute atomic E-state index is 0.112. The molecule has 2 heterocycles. The van der Waals surface area contributed by atoms with E-state index in [2.05, 4.69) is 26.9 Å². The van der Waals surface area contributed by atoms with E-state index >= 15 is 0 Å². The summed E-state index contributed by atoms with van der Waals surface area (Å²) in [5.74, 6) is -0.112. The molecule has 0 aliphatic carbocycles. The molecule has 2 rings (SSSR count). The number of morpholine rings is 1. The standard InChI is InChI=1S/C14H18BrN3O3/c15-13-12(2-9-21-13)14(19)18(4-1-3-16)6-5-17-7-10-20-11-8-17/h2,9H,1,4-8,10-11H2. The van der Waals surface area contributed by atoms with Crippen LogP contribution in [0, 0.1) is 11.3 Å². The minimum Gasteiger partial charge on any atom is -0.457 e. The SMILES string of the molecule is N#CCCN(CCN1CCOCC1)C(=O)c1ccoc1Br. The van der Waals surface area contributed by atoms with E-state index in [1.807, 2.05) is 0 Å². The van der Waals surface area contributed by atoms with Crippen LogP contribution >= 0.6 is 15.9 Å². The monoisotopic (exact) mass is 355 g/mol. The fourth-order valence-electron chi connectivity index (χ4n) is 2.20. The number of hydrogen-bond donors (Lipinski definition) is 0. The lowest BCUT2D eigenvalue weighted by atomic mass is 10.2. The molecule has 0 atom stereocenters. The zero-order valence-electron chi connectivity index (χ0n) is 11.8. The van der Waals surface area contributed by atoms with Crippen molar-refractivity contribution >= 4 is 21.8 Å². The highest BCUT2D eigenvalue weighted by Crippen LogP contribution is 2.19. The van der Waals surface area contributed by atoms with Gasteiger partial charge in [0.15, 0.2) is 4.67 Å². The molecule has 7 heteroatoms. The minimum atomic E-state index is -0.112. The van der Waals surface area contributed by atoms with Crippen LogP contribution in [0.4, 0.5) is 0 Å². The van der Waals surface area contributed by atoms with Crippen molar-refractivity contribution in [3.63, 3.8) is 0 Å². The van der Waals surface area contributed by atoms with Crippen LogP contribution < -0.4 is 0 Å². The number of nitrogens with zero attached hydrogens (tertiary/aromatic N) is 3. The zero-order chi connectivity index (χ0) is 15.1. The van der Waals surface area contributed by atoms with Crippen LogP contribution in [0.15, 0.2) is 21.4 Å². The van der Waals surface area contributed by atoms with Crippen molar-refractivity contribution in [2.45, 2.75) is 6.42 Å². The largest absolute Gasteiger partial charge is 0.457 e. The number of ether oxygens (including phenoxy) is 1. The molecular weight excluding hydrogens is 338 g/mol. The molecule has 0 spiro atoms. The Balaban J connectivity index is 1.95. The summed E-state index contributed by atoms with van der Waals surface area (Å²) in [5, 5.41) is 8.76. The molecule has 1 saturated heterocycles. The van der Waals surface area contributed by atoms with Gasteiger partial charge in [-0.05, 0) is 22.0 Å². The quantitative estimate of drug-likeness (QED) is 0.777. The second-order valence-electron chi connectivity index (χ2n) is 4.76. The summed E-state index contributed by atoms with van der Waals surface area (Å²) in [4.78, 5) is 16.5. The molecular formula is C14H18BrN3O3. The third-order valence-corrected chi connectivity index (χ3v) is 4.03. The molecule has 1 aromatic heterocycles. The Labute approximate surface area is 132 Å².